The van der Waals surface area contributed by atoms with Crippen LogP contribution in [0.1, 0.15) is 26.3 Å². The number of benzene rings is 3. The second-order valence-corrected chi connectivity index (χ2v) is 12.8. The molecule has 4 rings (SSSR count). The zero-order valence-corrected chi connectivity index (χ0v) is 16.6. The summed E-state index contributed by atoms with van der Waals surface area (Å²) < 4.78 is 40.7. The molecule has 0 saturated carbocycles. The van der Waals surface area contributed by atoms with E-state index in [1.54, 1.807) is 6.07 Å². The summed E-state index contributed by atoms with van der Waals surface area (Å²) in [5, 5.41) is 3.04. The van der Waals surface area contributed by atoms with Crippen molar-refractivity contribution in [3.8, 4) is 11.1 Å². The van der Waals surface area contributed by atoms with E-state index in [0.29, 0.717) is 0 Å². The fourth-order valence-electron chi connectivity index (χ4n) is 4.70. The molecule has 3 aromatic rings. The largest absolute Gasteiger partial charge is 0.416 e. The monoisotopic (exact) mass is 382 g/mol. The third-order valence-electron chi connectivity index (χ3n) is 5.70. The molecule has 0 aromatic heterocycles. The number of alkyl halides is 3. The summed E-state index contributed by atoms with van der Waals surface area (Å²) in [5.74, 6) is 0. The standard InChI is InChI=1S/C23H21F3Si/c1-22(2,3)27(17-9-5-4-6-10-17)20-12-8-7-11-18(20)19-14-13-16(15-21(19)27)23(24,25)26/h4-15H,1-3H3/t27-/m1/s1. The van der Waals surface area contributed by atoms with Crippen LogP contribution in [0.15, 0.2) is 72.8 Å². The number of fused-ring (bicyclic) bond motifs is 3. The van der Waals surface area contributed by atoms with Gasteiger partial charge in [0.25, 0.3) is 0 Å². The van der Waals surface area contributed by atoms with E-state index in [1.165, 1.54) is 17.3 Å². The van der Waals surface area contributed by atoms with Crippen LogP contribution in [-0.2, 0) is 6.18 Å². The van der Waals surface area contributed by atoms with Gasteiger partial charge in [0, 0.05) is 0 Å². The second-order valence-electron chi connectivity index (χ2n) is 8.17. The van der Waals surface area contributed by atoms with E-state index in [1.807, 2.05) is 36.4 Å². The molecule has 0 saturated heterocycles. The highest BCUT2D eigenvalue weighted by molar-refractivity contribution is 7.15. The van der Waals surface area contributed by atoms with Crippen molar-refractivity contribution < 1.29 is 13.2 Å². The lowest BCUT2D eigenvalue weighted by Gasteiger charge is -2.42. The van der Waals surface area contributed by atoms with Crippen LogP contribution in [0, 0.1) is 0 Å². The number of halogens is 3. The Bertz CT molecular complexity index is 1000. The molecule has 0 nitrogen and oxygen atoms in total. The minimum atomic E-state index is -4.35. The van der Waals surface area contributed by atoms with Crippen LogP contribution in [0.4, 0.5) is 13.2 Å². The maximum absolute atomic E-state index is 13.6. The third-order valence-corrected chi connectivity index (χ3v) is 11.6. The Kier molecular flexibility index (Phi) is 3.90. The molecular weight excluding hydrogens is 361 g/mol. The van der Waals surface area contributed by atoms with E-state index in [4.69, 9.17) is 0 Å². The van der Waals surface area contributed by atoms with Gasteiger partial charge in [-0.15, -0.1) is 0 Å². The number of hydrogen-bond acceptors (Lipinski definition) is 0. The molecule has 3 aromatic carbocycles. The van der Waals surface area contributed by atoms with Crippen molar-refractivity contribution in [3.63, 3.8) is 0 Å². The van der Waals surface area contributed by atoms with Crippen molar-refractivity contribution in [3.05, 3.63) is 78.4 Å². The van der Waals surface area contributed by atoms with Gasteiger partial charge >= 0.3 is 6.18 Å². The molecule has 0 fully saturated rings. The molecule has 0 unspecified atom stereocenters. The first-order valence-electron chi connectivity index (χ1n) is 9.04. The molecule has 1 aliphatic rings. The zero-order chi connectivity index (χ0) is 19.4. The van der Waals surface area contributed by atoms with Crippen LogP contribution in [-0.4, -0.2) is 8.07 Å². The van der Waals surface area contributed by atoms with E-state index >= 15 is 0 Å². The highest BCUT2D eigenvalue weighted by Crippen LogP contribution is 2.43. The molecule has 0 bridgehead atoms. The van der Waals surface area contributed by atoms with Crippen molar-refractivity contribution in [1.82, 2.24) is 0 Å². The van der Waals surface area contributed by atoms with Crippen molar-refractivity contribution in [2.75, 3.05) is 0 Å². The molecule has 0 N–H and O–H groups in total. The van der Waals surface area contributed by atoms with Gasteiger partial charge in [-0.05, 0) is 43.9 Å². The highest BCUT2D eigenvalue weighted by atomic mass is 28.3. The van der Waals surface area contributed by atoms with Crippen LogP contribution in [0.25, 0.3) is 11.1 Å². The smallest absolute Gasteiger partial charge is 0.166 e. The predicted molar refractivity (Wildman–Crippen MR) is 108 cm³/mol. The van der Waals surface area contributed by atoms with Crippen LogP contribution >= 0.6 is 0 Å². The van der Waals surface area contributed by atoms with Crippen LogP contribution < -0.4 is 15.6 Å². The average molecular weight is 383 g/mol. The number of hydrogen-bond donors (Lipinski definition) is 0. The van der Waals surface area contributed by atoms with Gasteiger partial charge in [-0.25, -0.2) is 0 Å². The van der Waals surface area contributed by atoms with E-state index in [0.717, 1.165) is 21.5 Å². The van der Waals surface area contributed by atoms with E-state index in [2.05, 4.69) is 39.0 Å². The lowest BCUT2D eigenvalue weighted by atomic mass is 10.0. The summed E-state index contributed by atoms with van der Waals surface area (Å²) in [7, 11) is -2.66. The molecule has 1 aliphatic heterocycles. The molecule has 1 heterocycles. The van der Waals surface area contributed by atoms with E-state index in [9.17, 15) is 13.2 Å². The summed E-state index contributed by atoms with van der Waals surface area (Å²) >= 11 is 0. The van der Waals surface area contributed by atoms with Gasteiger partial charge in [-0.2, -0.15) is 13.2 Å². The van der Waals surface area contributed by atoms with Crippen LogP contribution in [0.5, 0.6) is 0 Å². The SMILES string of the molecule is CC(C)(C)[Si@]1(c2ccccc2)c2ccccc2-c2ccc(C(F)(F)F)cc21. The Balaban J connectivity index is 2.17. The molecule has 0 radical (unpaired) electrons. The fraction of sp³-hybridized carbons (Fsp3) is 0.217. The lowest BCUT2D eigenvalue weighted by Crippen LogP contribution is -2.70. The molecule has 4 heteroatoms. The maximum atomic E-state index is 13.6. The fourth-order valence-corrected chi connectivity index (χ4v) is 10.7. The van der Waals surface area contributed by atoms with Crippen molar-refractivity contribution in [2.24, 2.45) is 0 Å². The van der Waals surface area contributed by atoms with Gasteiger partial charge in [0.05, 0.1) is 5.56 Å². The Morgan fingerprint density at radius 3 is 1.89 bits per heavy atom. The zero-order valence-electron chi connectivity index (χ0n) is 15.6. The van der Waals surface area contributed by atoms with Crippen molar-refractivity contribution in [2.45, 2.75) is 32.0 Å². The molecule has 27 heavy (non-hydrogen) atoms. The first-order valence-corrected chi connectivity index (χ1v) is 11.0. The molecular formula is C23H21F3Si. The van der Waals surface area contributed by atoms with Gasteiger partial charge in [0.15, 0.2) is 8.07 Å². The average Bonchev–Trinajstić information content (AvgIpc) is 2.92. The molecule has 1 atom stereocenters. The quantitative estimate of drug-likeness (QED) is 0.522. The third kappa shape index (κ3) is 2.50. The van der Waals surface area contributed by atoms with Crippen LogP contribution in [0.2, 0.25) is 5.04 Å². The van der Waals surface area contributed by atoms with Gasteiger partial charge < -0.3 is 0 Å². The van der Waals surface area contributed by atoms with Gasteiger partial charge in [0.1, 0.15) is 0 Å². The minimum Gasteiger partial charge on any atom is -0.166 e. The van der Waals surface area contributed by atoms with Crippen molar-refractivity contribution >= 4 is 23.6 Å². The normalized spacial score (nSPS) is 18.9. The van der Waals surface area contributed by atoms with Gasteiger partial charge in [-0.1, -0.05) is 81.4 Å². The summed E-state index contributed by atoms with van der Waals surface area (Å²) in [5.41, 5.74) is 1.46. The molecule has 138 valence electrons. The van der Waals surface area contributed by atoms with Gasteiger partial charge in [0.2, 0.25) is 0 Å². The summed E-state index contributed by atoms with van der Waals surface area (Å²) in [6.07, 6.45) is -4.35. The first kappa shape index (κ1) is 18.0. The molecule has 0 aliphatic carbocycles. The Hall–Kier alpha value is -2.33. The summed E-state index contributed by atoms with van der Waals surface area (Å²) in [4.78, 5) is 0. The number of rotatable bonds is 1. The van der Waals surface area contributed by atoms with Crippen molar-refractivity contribution in [1.29, 1.82) is 0 Å². The second kappa shape index (κ2) is 5.83. The predicted octanol–water partition coefficient (Wildman–Crippen LogP) is 4.96. The highest BCUT2D eigenvalue weighted by Gasteiger charge is 2.55. The minimum absolute atomic E-state index is 0.195. The van der Waals surface area contributed by atoms with Gasteiger partial charge in [-0.3, -0.25) is 0 Å². The first-order chi connectivity index (χ1) is 12.7. The topological polar surface area (TPSA) is 0 Å². The van der Waals surface area contributed by atoms with Crippen LogP contribution in [0.3, 0.4) is 0 Å². The molecule has 0 amide bonds. The maximum Gasteiger partial charge on any atom is 0.416 e. The molecule has 0 spiro atoms. The summed E-state index contributed by atoms with van der Waals surface area (Å²) in [6.45, 7) is 6.50. The van der Waals surface area contributed by atoms with E-state index < -0.39 is 19.8 Å². The summed E-state index contributed by atoms with van der Waals surface area (Å²) in [6, 6.07) is 22.6. The van der Waals surface area contributed by atoms with E-state index in [-0.39, 0.29) is 5.04 Å². The Labute approximate surface area is 158 Å². The Morgan fingerprint density at radius 2 is 1.26 bits per heavy atom. The lowest BCUT2D eigenvalue weighted by molar-refractivity contribution is -0.137. The Morgan fingerprint density at radius 1 is 0.667 bits per heavy atom.